The average molecular weight is 730 g/mol. The molecule has 0 unspecified atom stereocenters. The average Bonchev–Trinajstić information content (AvgIpc) is 3.91. The summed E-state index contributed by atoms with van der Waals surface area (Å²) in [6.07, 6.45) is 5.72. The highest BCUT2D eigenvalue weighted by atomic mass is 35.5. The topological polar surface area (TPSA) is 105 Å². The molecule has 0 amide bonds. The molecule has 51 heavy (non-hydrogen) atoms. The smallest absolute Gasteiger partial charge is 0.350 e. The number of hydrogen-bond donors (Lipinski definition) is 0. The second-order valence-electron chi connectivity index (χ2n) is 12.3. The van der Waals surface area contributed by atoms with E-state index < -0.39 is 5.79 Å². The summed E-state index contributed by atoms with van der Waals surface area (Å²) in [4.78, 5) is 21.6. The molecule has 4 heterocycles. The van der Waals surface area contributed by atoms with Crippen molar-refractivity contribution in [1.82, 2.24) is 29.1 Å². The third kappa shape index (κ3) is 7.92. The first-order valence-corrected chi connectivity index (χ1v) is 17.7. The summed E-state index contributed by atoms with van der Waals surface area (Å²) >= 11 is 12.7. The predicted molar refractivity (Wildman–Crippen MR) is 196 cm³/mol. The zero-order valence-corrected chi connectivity index (χ0v) is 29.7. The van der Waals surface area contributed by atoms with Gasteiger partial charge in [-0.05, 0) is 60.7 Å². The van der Waals surface area contributed by atoms with E-state index in [1.54, 1.807) is 34.0 Å². The van der Waals surface area contributed by atoms with Crippen molar-refractivity contribution in [3.8, 4) is 23.3 Å². The molecular formula is C37H38Cl2N8O4. The molecule has 0 saturated carbocycles. The Morgan fingerprint density at radius 2 is 1.61 bits per heavy atom. The van der Waals surface area contributed by atoms with Crippen LogP contribution in [0.4, 0.5) is 11.4 Å². The lowest BCUT2D eigenvalue weighted by Crippen LogP contribution is -2.46. The lowest BCUT2D eigenvalue weighted by atomic mass is 10.1. The molecule has 0 bridgehead atoms. The van der Waals surface area contributed by atoms with Crippen LogP contribution in [0.2, 0.25) is 10.0 Å². The van der Waals surface area contributed by atoms with E-state index in [-0.39, 0.29) is 18.3 Å². The van der Waals surface area contributed by atoms with E-state index >= 15 is 0 Å². The molecule has 3 aromatic carbocycles. The van der Waals surface area contributed by atoms with Gasteiger partial charge < -0.3 is 24.0 Å². The van der Waals surface area contributed by atoms with Crippen molar-refractivity contribution in [3.05, 3.63) is 112 Å². The molecule has 2 aromatic heterocycles. The second-order valence-corrected chi connectivity index (χ2v) is 13.1. The molecule has 7 rings (SSSR count). The minimum Gasteiger partial charge on any atom is -0.491 e. The Kier molecular flexibility index (Phi) is 10.6. The molecule has 0 aliphatic carbocycles. The summed E-state index contributed by atoms with van der Waals surface area (Å²) in [6.45, 7) is 6.88. The largest absolute Gasteiger partial charge is 0.491 e. The van der Waals surface area contributed by atoms with Crippen molar-refractivity contribution in [1.29, 1.82) is 0 Å². The summed E-state index contributed by atoms with van der Waals surface area (Å²) in [6, 6.07) is 21.5. The van der Waals surface area contributed by atoms with Gasteiger partial charge in [0.05, 0.1) is 23.9 Å². The van der Waals surface area contributed by atoms with Gasteiger partial charge in [0.2, 0.25) is 5.79 Å². The van der Waals surface area contributed by atoms with Crippen LogP contribution in [0.1, 0.15) is 25.3 Å². The van der Waals surface area contributed by atoms with Crippen molar-refractivity contribution in [3.63, 3.8) is 0 Å². The molecule has 2 aliphatic rings. The van der Waals surface area contributed by atoms with Crippen LogP contribution in [0.25, 0.3) is 5.69 Å². The van der Waals surface area contributed by atoms with Crippen LogP contribution in [0, 0.1) is 11.8 Å². The number of piperazine rings is 1. The lowest BCUT2D eigenvalue weighted by Gasteiger charge is -2.37. The van der Waals surface area contributed by atoms with Crippen LogP contribution in [0.15, 0.2) is 90.5 Å². The fourth-order valence-electron chi connectivity index (χ4n) is 6.31. The first kappa shape index (κ1) is 34.6. The van der Waals surface area contributed by atoms with Crippen molar-refractivity contribution >= 4 is 34.6 Å². The molecule has 5 aromatic rings. The number of aryl methyl sites for hydroxylation is 1. The number of halogens is 2. The number of rotatable bonds is 11. The van der Waals surface area contributed by atoms with Gasteiger partial charge in [-0.3, -0.25) is 0 Å². The van der Waals surface area contributed by atoms with Gasteiger partial charge in [-0.15, -0.1) is 11.8 Å². The van der Waals surface area contributed by atoms with Crippen LogP contribution in [0.3, 0.4) is 0 Å². The fourth-order valence-corrected chi connectivity index (χ4v) is 6.87. The van der Waals surface area contributed by atoms with Crippen LogP contribution < -0.4 is 20.2 Å². The van der Waals surface area contributed by atoms with E-state index in [0.29, 0.717) is 41.8 Å². The minimum absolute atomic E-state index is 0.159. The number of anilines is 2. The summed E-state index contributed by atoms with van der Waals surface area (Å²) in [5.74, 6) is 5.67. The monoisotopic (exact) mass is 728 g/mol. The molecular weight excluding hydrogens is 691 g/mol. The van der Waals surface area contributed by atoms with Gasteiger partial charge in [0, 0.05) is 61.0 Å². The molecule has 2 atom stereocenters. The van der Waals surface area contributed by atoms with Crippen LogP contribution in [0.5, 0.6) is 5.75 Å². The zero-order valence-electron chi connectivity index (χ0n) is 28.2. The molecule has 0 radical (unpaired) electrons. The van der Waals surface area contributed by atoms with E-state index in [1.165, 1.54) is 11.0 Å². The number of hydrogen-bond acceptors (Lipinski definition) is 9. The van der Waals surface area contributed by atoms with E-state index in [0.717, 1.165) is 55.4 Å². The highest BCUT2D eigenvalue weighted by Gasteiger charge is 2.45. The lowest BCUT2D eigenvalue weighted by molar-refractivity contribution is -0.190. The Balaban J connectivity index is 0.909. The first-order chi connectivity index (χ1) is 24.9. The van der Waals surface area contributed by atoms with Gasteiger partial charge in [-0.2, -0.15) is 10.2 Å². The van der Waals surface area contributed by atoms with E-state index in [4.69, 9.17) is 37.4 Å². The van der Waals surface area contributed by atoms with Crippen LogP contribution in [-0.2, 0) is 28.4 Å². The minimum atomic E-state index is -1.16. The first-order valence-electron chi connectivity index (χ1n) is 16.9. The van der Waals surface area contributed by atoms with E-state index in [2.05, 4.69) is 61.1 Å². The SMILES string of the molecule is CCC#CCCn1ncn(-c2ccc(N3CCN(c4ccc(OC[C@@H]5CO[C@@](Cn6cncn6)(c6ccc(Cl)cc6Cl)O5)cc4)CC3)cc2)c1=O. The van der Waals surface area contributed by atoms with Crippen molar-refractivity contribution in [2.24, 2.45) is 0 Å². The third-order valence-corrected chi connectivity index (χ3v) is 9.48. The second kappa shape index (κ2) is 15.6. The van der Waals surface area contributed by atoms with Crippen LogP contribution >= 0.6 is 23.2 Å². The van der Waals surface area contributed by atoms with Gasteiger partial charge in [-0.1, -0.05) is 36.2 Å². The van der Waals surface area contributed by atoms with Crippen molar-refractivity contribution in [2.45, 2.75) is 44.7 Å². The Morgan fingerprint density at radius 1 is 0.902 bits per heavy atom. The molecule has 2 fully saturated rings. The molecule has 2 saturated heterocycles. The Morgan fingerprint density at radius 3 is 2.27 bits per heavy atom. The standard InChI is InChI=1S/C37H38Cl2N8O4/c1-2-3-4-5-16-47-36(48)46(27-42-47)31-9-7-29(8-10-31)43-17-19-44(20-18-43)30-11-13-32(14-12-30)49-22-33-23-50-37(51-33,24-45-26-40-25-41-45)34-15-6-28(38)21-35(34)39/h6-15,21,25-27,33H,2,5,16-20,22-24H2,1H3/t33-,37-/m1/s1. The van der Waals surface area contributed by atoms with Gasteiger partial charge >= 0.3 is 5.69 Å². The number of benzene rings is 3. The number of ether oxygens (including phenoxy) is 3. The summed E-state index contributed by atoms with van der Waals surface area (Å²) in [7, 11) is 0. The summed E-state index contributed by atoms with van der Waals surface area (Å²) < 4.78 is 23.6. The van der Waals surface area contributed by atoms with E-state index in [1.807, 2.05) is 37.3 Å². The summed E-state index contributed by atoms with van der Waals surface area (Å²) in [5.41, 5.74) is 3.56. The zero-order chi connectivity index (χ0) is 35.2. The molecule has 0 N–H and O–H groups in total. The summed E-state index contributed by atoms with van der Waals surface area (Å²) in [5, 5.41) is 9.46. The van der Waals surface area contributed by atoms with Crippen molar-refractivity contribution < 1.29 is 14.2 Å². The van der Waals surface area contributed by atoms with Gasteiger partial charge in [0.15, 0.2) is 0 Å². The van der Waals surface area contributed by atoms with Gasteiger partial charge in [0.1, 0.15) is 44.0 Å². The number of aromatic nitrogens is 6. The maximum atomic E-state index is 12.8. The maximum absolute atomic E-state index is 12.8. The van der Waals surface area contributed by atoms with Crippen molar-refractivity contribution in [2.75, 3.05) is 49.2 Å². The Hall–Kier alpha value is -4.80. The predicted octanol–water partition coefficient (Wildman–Crippen LogP) is 5.41. The van der Waals surface area contributed by atoms with Gasteiger partial charge in [-0.25, -0.2) is 23.7 Å². The Labute approximate surface area is 306 Å². The number of nitrogens with zero attached hydrogens (tertiary/aromatic N) is 8. The molecule has 12 nitrogen and oxygen atoms in total. The van der Waals surface area contributed by atoms with Crippen LogP contribution in [-0.4, -0.2) is 74.6 Å². The van der Waals surface area contributed by atoms with Gasteiger partial charge in [0.25, 0.3) is 0 Å². The highest BCUT2D eigenvalue weighted by Crippen LogP contribution is 2.40. The molecule has 0 spiro atoms. The highest BCUT2D eigenvalue weighted by molar-refractivity contribution is 6.35. The quantitative estimate of drug-likeness (QED) is 0.165. The molecule has 264 valence electrons. The molecule has 14 heteroatoms. The normalized spacial score (nSPS) is 18.8. The fraction of sp³-hybridized carbons (Fsp3) is 0.351. The third-order valence-electron chi connectivity index (χ3n) is 8.93. The Bertz CT molecular complexity index is 2030. The molecule has 2 aliphatic heterocycles. The maximum Gasteiger partial charge on any atom is 0.350 e. The van der Waals surface area contributed by atoms with E-state index in [9.17, 15) is 4.79 Å².